The summed E-state index contributed by atoms with van der Waals surface area (Å²) in [6.45, 7) is 6.49. The Morgan fingerprint density at radius 1 is 1.00 bits per heavy atom. The van der Waals surface area contributed by atoms with E-state index < -0.39 is 6.04 Å². The van der Waals surface area contributed by atoms with Crippen molar-refractivity contribution in [1.82, 2.24) is 20.3 Å². The van der Waals surface area contributed by atoms with Gasteiger partial charge < -0.3 is 10.1 Å². The highest BCUT2D eigenvalue weighted by Gasteiger charge is 2.34. The van der Waals surface area contributed by atoms with Gasteiger partial charge in [0.2, 0.25) is 11.8 Å². The largest absolute Gasteiger partial charge is 0.383 e. The van der Waals surface area contributed by atoms with Gasteiger partial charge in [-0.15, -0.1) is 5.10 Å². The quantitative estimate of drug-likeness (QED) is 0.363. The lowest BCUT2D eigenvalue weighted by Crippen LogP contribution is -2.46. The average Bonchev–Trinajstić information content (AvgIpc) is 3.27. The fraction of sp³-hybridized carbons (Fsp3) is 0.286. The van der Waals surface area contributed by atoms with Crippen molar-refractivity contribution in [1.29, 1.82) is 0 Å². The number of carbonyl (C=O) groups excluding carboxylic acids is 2. The van der Waals surface area contributed by atoms with Crippen molar-refractivity contribution in [2.45, 2.75) is 33.4 Å². The molecule has 1 atom stereocenters. The molecule has 0 saturated carbocycles. The minimum absolute atomic E-state index is 0.0678. The fourth-order valence-corrected chi connectivity index (χ4v) is 4.30. The maximum atomic E-state index is 14.1. The predicted octanol–water partition coefficient (Wildman–Crippen LogP) is 3.89. The van der Waals surface area contributed by atoms with Crippen molar-refractivity contribution < 1.29 is 14.3 Å². The van der Waals surface area contributed by atoms with Crippen LogP contribution in [0.1, 0.15) is 28.3 Å². The number of nitrogens with zero attached hydrogens (tertiary/aromatic N) is 4. The molecule has 2 amide bonds. The molecule has 1 aromatic heterocycles. The fourth-order valence-electron chi connectivity index (χ4n) is 4.30. The molecule has 0 aliphatic rings. The molecular formula is C28H31N5O3. The molecule has 0 radical (unpaired) electrons. The number of carbonyl (C=O) groups is 2. The van der Waals surface area contributed by atoms with Gasteiger partial charge in [-0.05, 0) is 61.2 Å². The number of ether oxygens (including phenoxy) is 1. The number of aryl methyl sites for hydroxylation is 3. The third-order valence-corrected chi connectivity index (χ3v) is 6.19. The SMILES string of the molecule is COCCNC(=O)C(c1ccccc1C)N(C(=O)Cn1nnc2ccccc21)c1cc(C)ccc1C. The van der Waals surface area contributed by atoms with Crippen LogP contribution < -0.4 is 10.2 Å². The monoisotopic (exact) mass is 485 g/mol. The van der Waals surface area contributed by atoms with Crippen molar-refractivity contribution in [3.63, 3.8) is 0 Å². The minimum Gasteiger partial charge on any atom is -0.383 e. The van der Waals surface area contributed by atoms with Gasteiger partial charge in [-0.1, -0.05) is 53.7 Å². The van der Waals surface area contributed by atoms with Crippen LogP contribution in [0.2, 0.25) is 0 Å². The first-order valence-corrected chi connectivity index (χ1v) is 11.9. The highest BCUT2D eigenvalue weighted by atomic mass is 16.5. The third-order valence-electron chi connectivity index (χ3n) is 6.19. The smallest absolute Gasteiger partial charge is 0.249 e. The van der Waals surface area contributed by atoms with Crippen LogP contribution in [0.3, 0.4) is 0 Å². The molecule has 1 N–H and O–H groups in total. The van der Waals surface area contributed by atoms with E-state index in [9.17, 15) is 9.59 Å². The lowest BCUT2D eigenvalue weighted by Gasteiger charge is -2.33. The lowest BCUT2D eigenvalue weighted by molar-refractivity contribution is -0.127. The van der Waals surface area contributed by atoms with E-state index >= 15 is 0 Å². The van der Waals surface area contributed by atoms with Gasteiger partial charge in [0.05, 0.1) is 12.1 Å². The molecule has 0 aliphatic heterocycles. The topological polar surface area (TPSA) is 89.4 Å². The number of nitrogens with one attached hydrogen (secondary N) is 1. The first kappa shape index (κ1) is 25.1. The number of aromatic nitrogens is 3. The molecule has 0 spiro atoms. The Bertz CT molecular complexity index is 1380. The molecule has 0 fully saturated rings. The average molecular weight is 486 g/mol. The van der Waals surface area contributed by atoms with Crippen LogP contribution in [-0.2, 0) is 20.9 Å². The molecule has 0 aliphatic carbocycles. The second kappa shape index (κ2) is 11.1. The van der Waals surface area contributed by atoms with Gasteiger partial charge in [0, 0.05) is 19.3 Å². The van der Waals surface area contributed by atoms with Crippen LogP contribution >= 0.6 is 0 Å². The highest BCUT2D eigenvalue weighted by molar-refractivity contribution is 6.02. The molecular weight excluding hydrogens is 454 g/mol. The number of anilines is 1. The summed E-state index contributed by atoms with van der Waals surface area (Å²) in [6, 6.07) is 20.2. The van der Waals surface area contributed by atoms with E-state index in [1.54, 1.807) is 16.7 Å². The molecule has 3 aromatic carbocycles. The molecule has 0 saturated heterocycles. The van der Waals surface area contributed by atoms with Crippen LogP contribution in [0.15, 0.2) is 66.7 Å². The number of methoxy groups -OCH3 is 1. The van der Waals surface area contributed by atoms with Crippen molar-refractivity contribution in [2.24, 2.45) is 0 Å². The summed E-state index contributed by atoms with van der Waals surface area (Å²) < 4.78 is 6.70. The van der Waals surface area contributed by atoms with E-state index in [0.717, 1.165) is 27.8 Å². The second-order valence-electron chi connectivity index (χ2n) is 8.83. The maximum absolute atomic E-state index is 14.1. The number of para-hydroxylation sites is 1. The maximum Gasteiger partial charge on any atom is 0.249 e. The zero-order valence-electron chi connectivity index (χ0n) is 21.1. The Labute approximate surface area is 210 Å². The normalized spacial score (nSPS) is 11.9. The first-order chi connectivity index (χ1) is 17.4. The van der Waals surface area contributed by atoms with Gasteiger partial charge in [-0.3, -0.25) is 14.5 Å². The van der Waals surface area contributed by atoms with Crippen LogP contribution in [0.25, 0.3) is 11.0 Å². The predicted molar refractivity (Wildman–Crippen MR) is 140 cm³/mol. The Balaban J connectivity index is 1.83. The molecule has 8 nitrogen and oxygen atoms in total. The third kappa shape index (κ3) is 5.28. The zero-order chi connectivity index (χ0) is 25.7. The molecule has 4 aromatic rings. The Morgan fingerprint density at radius 2 is 1.75 bits per heavy atom. The highest BCUT2D eigenvalue weighted by Crippen LogP contribution is 2.33. The van der Waals surface area contributed by atoms with E-state index in [2.05, 4.69) is 15.6 Å². The van der Waals surface area contributed by atoms with Crippen LogP contribution in [0.4, 0.5) is 5.69 Å². The van der Waals surface area contributed by atoms with E-state index in [1.807, 2.05) is 87.5 Å². The zero-order valence-corrected chi connectivity index (χ0v) is 21.1. The molecule has 36 heavy (non-hydrogen) atoms. The van der Waals surface area contributed by atoms with Gasteiger partial charge in [-0.25, -0.2) is 4.68 Å². The molecule has 8 heteroatoms. The van der Waals surface area contributed by atoms with Crippen molar-refractivity contribution in [2.75, 3.05) is 25.2 Å². The molecule has 186 valence electrons. The van der Waals surface area contributed by atoms with Gasteiger partial charge in [0.1, 0.15) is 18.1 Å². The summed E-state index contributed by atoms with van der Waals surface area (Å²) >= 11 is 0. The number of hydrogen-bond donors (Lipinski definition) is 1. The summed E-state index contributed by atoms with van der Waals surface area (Å²) in [5.74, 6) is -0.548. The van der Waals surface area contributed by atoms with Crippen LogP contribution in [0.5, 0.6) is 0 Å². The molecule has 1 unspecified atom stereocenters. The number of fused-ring (bicyclic) bond motifs is 1. The summed E-state index contributed by atoms with van der Waals surface area (Å²) in [5, 5.41) is 11.3. The number of benzene rings is 3. The van der Waals surface area contributed by atoms with Crippen molar-refractivity contribution in [3.05, 3.63) is 89.0 Å². The first-order valence-electron chi connectivity index (χ1n) is 11.9. The Hall–Kier alpha value is -4.04. The minimum atomic E-state index is -0.883. The van der Waals surface area contributed by atoms with Crippen molar-refractivity contribution >= 4 is 28.5 Å². The van der Waals surface area contributed by atoms with Gasteiger partial charge in [-0.2, -0.15) is 0 Å². The standard InChI is InChI=1S/C28H31N5O3/c1-19-13-14-21(3)25(17-19)33(26(34)18-32-24-12-8-7-11-23(24)30-31-32)27(28(35)29-15-16-36-4)22-10-6-5-9-20(22)2/h5-14,17,27H,15-16,18H2,1-4H3,(H,29,35). The van der Waals surface area contributed by atoms with E-state index in [-0.39, 0.29) is 18.4 Å². The molecule has 4 rings (SSSR count). The summed E-state index contributed by atoms with van der Waals surface area (Å²) in [4.78, 5) is 29.4. The second-order valence-corrected chi connectivity index (χ2v) is 8.83. The van der Waals surface area contributed by atoms with Gasteiger partial charge >= 0.3 is 0 Å². The van der Waals surface area contributed by atoms with E-state index in [0.29, 0.717) is 24.4 Å². The number of hydrogen-bond acceptors (Lipinski definition) is 5. The van der Waals surface area contributed by atoms with Crippen LogP contribution in [0, 0.1) is 20.8 Å². The van der Waals surface area contributed by atoms with Gasteiger partial charge in [0.15, 0.2) is 0 Å². The van der Waals surface area contributed by atoms with E-state index in [4.69, 9.17) is 4.74 Å². The van der Waals surface area contributed by atoms with Crippen LogP contribution in [-0.4, -0.2) is 47.1 Å². The lowest BCUT2D eigenvalue weighted by atomic mass is 9.97. The Morgan fingerprint density at radius 3 is 2.53 bits per heavy atom. The summed E-state index contributed by atoms with van der Waals surface area (Å²) in [6.07, 6.45) is 0. The number of amides is 2. The van der Waals surface area contributed by atoms with Crippen molar-refractivity contribution in [3.8, 4) is 0 Å². The summed E-state index contributed by atoms with van der Waals surface area (Å²) in [7, 11) is 1.58. The molecule has 1 heterocycles. The number of rotatable bonds is 9. The summed E-state index contributed by atoms with van der Waals surface area (Å²) in [5.41, 5.74) is 5.69. The molecule has 0 bridgehead atoms. The van der Waals surface area contributed by atoms with E-state index in [1.165, 1.54) is 0 Å². The Kier molecular flexibility index (Phi) is 7.75. The van der Waals surface area contributed by atoms with Gasteiger partial charge in [0.25, 0.3) is 0 Å².